The number of carboxylic acid groups (broad SMARTS) is 1. The van der Waals surface area contributed by atoms with Gasteiger partial charge in [-0.2, -0.15) is 0 Å². The molecule has 228 valence electrons. The Morgan fingerprint density at radius 3 is 2.37 bits per heavy atom. The van der Waals surface area contributed by atoms with Crippen LogP contribution >= 0.6 is 11.8 Å². The molecule has 1 heterocycles. The van der Waals surface area contributed by atoms with Gasteiger partial charge in [0.2, 0.25) is 5.91 Å². The highest BCUT2D eigenvalue weighted by molar-refractivity contribution is 7.99. The summed E-state index contributed by atoms with van der Waals surface area (Å²) in [5, 5.41) is 12.8. The molecule has 0 fully saturated rings. The number of hydrogen-bond donors (Lipinski definition) is 2. The van der Waals surface area contributed by atoms with Gasteiger partial charge in [0, 0.05) is 35.8 Å². The van der Waals surface area contributed by atoms with E-state index in [0.717, 1.165) is 46.5 Å². The minimum atomic E-state index is -0.955. The van der Waals surface area contributed by atoms with Gasteiger partial charge in [0.15, 0.2) is 0 Å². The van der Waals surface area contributed by atoms with E-state index in [1.807, 2.05) is 53.4 Å². The number of carbonyl (C=O) groups is 3. The van der Waals surface area contributed by atoms with Crippen LogP contribution in [0.5, 0.6) is 0 Å². The fourth-order valence-corrected chi connectivity index (χ4v) is 6.35. The average molecular weight is 602 g/mol. The second kappa shape index (κ2) is 15.6. The minimum absolute atomic E-state index is 0.128. The zero-order valence-electron chi connectivity index (χ0n) is 25.4. The number of anilines is 1. The van der Waals surface area contributed by atoms with Crippen molar-refractivity contribution in [2.75, 3.05) is 23.7 Å². The van der Waals surface area contributed by atoms with Crippen LogP contribution in [0.4, 0.5) is 10.5 Å². The highest BCUT2D eigenvalue weighted by atomic mass is 32.2. The summed E-state index contributed by atoms with van der Waals surface area (Å²) in [6.45, 7) is 7.24. The standard InChI is InChI=1S/C35H43N3O4S/c1-4-5-19-38-32-22-27(26-12-8-6-9-13-26)16-17-28(32)21-31(34(38)41)36-35(42)37(20-18-25(2)3)29(23-33(39)40)24-43-30-14-10-7-11-15-30/h6-17,22,25,29,31H,4-5,18-21,23-24H2,1-3H3,(H,36,42)(H,39,40)/t29?,31-/m0/s1. The van der Waals surface area contributed by atoms with Crippen molar-refractivity contribution in [3.05, 3.63) is 84.4 Å². The van der Waals surface area contributed by atoms with Gasteiger partial charge in [0.05, 0.1) is 12.5 Å². The van der Waals surface area contributed by atoms with E-state index >= 15 is 0 Å². The summed E-state index contributed by atoms with van der Waals surface area (Å²) in [6, 6.07) is 24.4. The number of benzene rings is 3. The molecule has 3 aromatic carbocycles. The van der Waals surface area contributed by atoms with Crippen molar-refractivity contribution < 1.29 is 19.5 Å². The van der Waals surface area contributed by atoms with Gasteiger partial charge in [-0.25, -0.2) is 4.79 Å². The Morgan fingerprint density at radius 1 is 1.02 bits per heavy atom. The molecule has 2 N–H and O–H groups in total. The van der Waals surface area contributed by atoms with E-state index in [4.69, 9.17) is 0 Å². The third-order valence-electron chi connectivity index (χ3n) is 7.75. The third kappa shape index (κ3) is 8.86. The molecular weight excluding hydrogens is 558 g/mol. The average Bonchev–Trinajstić information content (AvgIpc) is 3.00. The van der Waals surface area contributed by atoms with Gasteiger partial charge in [-0.05, 0) is 53.6 Å². The van der Waals surface area contributed by atoms with Crippen LogP contribution in [0.25, 0.3) is 11.1 Å². The number of carbonyl (C=O) groups excluding carboxylic acids is 2. The first kappa shape index (κ1) is 32.1. The van der Waals surface area contributed by atoms with Crippen molar-refractivity contribution in [3.8, 4) is 11.1 Å². The number of amides is 3. The highest BCUT2D eigenvalue weighted by Gasteiger charge is 2.36. The van der Waals surface area contributed by atoms with Crippen LogP contribution in [0.1, 0.15) is 52.0 Å². The summed E-state index contributed by atoms with van der Waals surface area (Å²) >= 11 is 1.54. The molecule has 7 nitrogen and oxygen atoms in total. The largest absolute Gasteiger partial charge is 0.481 e. The number of nitrogens with one attached hydrogen (secondary N) is 1. The number of carboxylic acids is 1. The summed E-state index contributed by atoms with van der Waals surface area (Å²) < 4.78 is 0. The van der Waals surface area contributed by atoms with Gasteiger partial charge in [-0.1, -0.05) is 87.9 Å². The van der Waals surface area contributed by atoms with E-state index in [9.17, 15) is 19.5 Å². The predicted molar refractivity (Wildman–Crippen MR) is 175 cm³/mol. The Hall–Kier alpha value is -3.78. The normalized spacial score (nSPS) is 15.2. The molecule has 0 aliphatic carbocycles. The number of thioether (sulfide) groups is 1. The molecule has 43 heavy (non-hydrogen) atoms. The smallest absolute Gasteiger partial charge is 0.318 e. The summed E-state index contributed by atoms with van der Waals surface area (Å²) in [7, 11) is 0. The maximum Gasteiger partial charge on any atom is 0.318 e. The first-order valence-electron chi connectivity index (χ1n) is 15.2. The maximum atomic E-state index is 13.9. The summed E-state index contributed by atoms with van der Waals surface area (Å²) in [5.74, 6) is -0.316. The molecule has 0 spiro atoms. The van der Waals surface area contributed by atoms with E-state index < -0.39 is 24.1 Å². The lowest BCUT2D eigenvalue weighted by Crippen LogP contribution is -2.57. The molecule has 0 bridgehead atoms. The Morgan fingerprint density at radius 2 is 1.72 bits per heavy atom. The minimum Gasteiger partial charge on any atom is -0.481 e. The number of fused-ring (bicyclic) bond motifs is 1. The maximum absolute atomic E-state index is 13.9. The molecular formula is C35H43N3O4S. The first-order valence-corrected chi connectivity index (χ1v) is 16.2. The highest BCUT2D eigenvalue weighted by Crippen LogP contribution is 2.33. The quantitative estimate of drug-likeness (QED) is 0.192. The van der Waals surface area contributed by atoms with Crippen molar-refractivity contribution in [1.82, 2.24) is 10.2 Å². The SMILES string of the molecule is CCCCN1C(=O)[C@@H](NC(=O)N(CCC(C)C)C(CSc2ccccc2)CC(=O)O)Cc2ccc(-c3ccccc3)cc21. The second-order valence-electron chi connectivity index (χ2n) is 11.5. The third-order valence-corrected chi connectivity index (χ3v) is 8.91. The molecule has 2 atom stereocenters. The topological polar surface area (TPSA) is 90.0 Å². The summed E-state index contributed by atoms with van der Waals surface area (Å²) in [5.41, 5.74) is 4.03. The molecule has 0 saturated carbocycles. The van der Waals surface area contributed by atoms with E-state index in [2.05, 4.69) is 56.4 Å². The lowest BCUT2D eigenvalue weighted by Gasteiger charge is -2.37. The zero-order chi connectivity index (χ0) is 30.8. The van der Waals surface area contributed by atoms with Crippen LogP contribution in [0, 0.1) is 5.92 Å². The van der Waals surface area contributed by atoms with Crippen molar-refractivity contribution in [2.45, 2.75) is 69.9 Å². The van der Waals surface area contributed by atoms with Gasteiger partial charge in [-0.3, -0.25) is 9.59 Å². The van der Waals surface area contributed by atoms with Crippen LogP contribution < -0.4 is 10.2 Å². The lowest BCUT2D eigenvalue weighted by atomic mass is 9.93. The van der Waals surface area contributed by atoms with Gasteiger partial charge >= 0.3 is 12.0 Å². The van der Waals surface area contributed by atoms with E-state index in [1.165, 1.54) is 11.8 Å². The number of rotatable bonds is 14. The van der Waals surface area contributed by atoms with E-state index in [0.29, 0.717) is 31.2 Å². The number of nitrogens with zero attached hydrogens (tertiary/aromatic N) is 2. The van der Waals surface area contributed by atoms with E-state index in [1.54, 1.807) is 4.90 Å². The van der Waals surface area contributed by atoms with Gasteiger partial charge in [-0.15, -0.1) is 11.8 Å². The molecule has 0 saturated heterocycles. The van der Waals surface area contributed by atoms with Gasteiger partial charge in [0.1, 0.15) is 6.04 Å². The predicted octanol–water partition coefficient (Wildman–Crippen LogP) is 7.10. The van der Waals surface area contributed by atoms with Crippen molar-refractivity contribution >= 4 is 35.4 Å². The van der Waals surface area contributed by atoms with Crippen molar-refractivity contribution in [1.29, 1.82) is 0 Å². The van der Waals surface area contributed by atoms with Crippen molar-refractivity contribution in [2.24, 2.45) is 5.92 Å². The molecule has 1 unspecified atom stereocenters. The van der Waals surface area contributed by atoms with Gasteiger partial charge in [0.25, 0.3) is 0 Å². The molecule has 1 aliphatic heterocycles. The van der Waals surface area contributed by atoms with Crippen LogP contribution in [0.3, 0.4) is 0 Å². The van der Waals surface area contributed by atoms with Crippen LogP contribution in [-0.2, 0) is 16.0 Å². The Kier molecular flexibility index (Phi) is 11.7. The summed E-state index contributed by atoms with van der Waals surface area (Å²) in [6.07, 6.45) is 2.73. The van der Waals surface area contributed by atoms with Crippen LogP contribution in [0.15, 0.2) is 83.8 Å². The summed E-state index contributed by atoms with van der Waals surface area (Å²) in [4.78, 5) is 44.2. The Labute approximate surface area is 259 Å². The molecule has 3 amide bonds. The van der Waals surface area contributed by atoms with E-state index in [-0.39, 0.29) is 12.3 Å². The number of aliphatic carboxylic acids is 1. The fraction of sp³-hybridized carbons (Fsp3) is 0.400. The number of urea groups is 1. The Balaban J connectivity index is 1.58. The fourth-order valence-electron chi connectivity index (χ4n) is 5.32. The monoisotopic (exact) mass is 601 g/mol. The zero-order valence-corrected chi connectivity index (χ0v) is 26.2. The second-order valence-corrected chi connectivity index (χ2v) is 12.6. The van der Waals surface area contributed by atoms with Crippen LogP contribution in [0.2, 0.25) is 0 Å². The Bertz CT molecular complexity index is 1370. The molecule has 1 aliphatic rings. The molecule has 0 aromatic heterocycles. The number of hydrogen-bond acceptors (Lipinski definition) is 4. The molecule has 4 rings (SSSR count). The number of unbranched alkanes of at least 4 members (excludes halogenated alkanes) is 1. The van der Waals surface area contributed by atoms with Crippen LogP contribution in [-0.4, -0.2) is 58.8 Å². The van der Waals surface area contributed by atoms with Crippen molar-refractivity contribution in [3.63, 3.8) is 0 Å². The molecule has 8 heteroatoms. The van der Waals surface area contributed by atoms with Gasteiger partial charge < -0.3 is 20.2 Å². The first-order chi connectivity index (χ1) is 20.8. The lowest BCUT2D eigenvalue weighted by molar-refractivity contribution is -0.138. The molecule has 3 aromatic rings. The molecule has 0 radical (unpaired) electrons.